The van der Waals surface area contributed by atoms with Gasteiger partial charge in [0.05, 0.1) is 39.9 Å². The normalized spacial score (nSPS) is 18.1. The van der Waals surface area contributed by atoms with Gasteiger partial charge in [0.1, 0.15) is 5.75 Å². The van der Waals surface area contributed by atoms with E-state index in [0.29, 0.717) is 54.0 Å². The quantitative estimate of drug-likeness (QED) is 0.432. The number of methoxy groups -OCH3 is 3. The van der Waals surface area contributed by atoms with Crippen LogP contribution >= 0.6 is 0 Å². The molecule has 3 rings (SSSR count). The van der Waals surface area contributed by atoms with Crippen LogP contribution in [0.2, 0.25) is 0 Å². The molecule has 1 aromatic rings. The molecule has 2 aliphatic rings. The van der Waals surface area contributed by atoms with Gasteiger partial charge in [-0.15, -0.1) is 0 Å². The standard InChI is InChI=1S/C24H33NO7/c1-28-19-9-10-20(29-2)23-18(19)13-17(22(32-23)24(27)30-3)14-25-12-11-21(26)31-15-16-7-5-4-6-8-16/h9-10,13,16,22,25H,4-8,11-12,14-15H2,1-3H3. The van der Waals surface area contributed by atoms with Gasteiger partial charge in [-0.1, -0.05) is 19.3 Å². The molecule has 1 N–H and O–H groups in total. The minimum atomic E-state index is -0.917. The smallest absolute Gasteiger partial charge is 0.351 e. The molecule has 1 saturated carbocycles. The zero-order valence-corrected chi connectivity index (χ0v) is 19.1. The predicted octanol–water partition coefficient (Wildman–Crippen LogP) is 3.12. The van der Waals surface area contributed by atoms with E-state index >= 15 is 0 Å². The molecular weight excluding hydrogens is 414 g/mol. The number of nitrogens with one attached hydrogen (secondary N) is 1. The number of benzene rings is 1. The van der Waals surface area contributed by atoms with Crippen LogP contribution in [0.15, 0.2) is 17.7 Å². The summed E-state index contributed by atoms with van der Waals surface area (Å²) in [7, 11) is 4.42. The number of fused-ring (bicyclic) bond motifs is 1. The minimum absolute atomic E-state index is 0.210. The maximum absolute atomic E-state index is 12.4. The summed E-state index contributed by atoms with van der Waals surface area (Å²) in [6, 6.07) is 3.51. The first-order valence-corrected chi connectivity index (χ1v) is 11.1. The molecule has 8 nitrogen and oxygen atoms in total. The summed E-state index contributed by atoms with van der Waals surface area (Å²) in [6.45, 7) is 1.28. The summed E-state index contributed by atoms with van der Waals surface area (Å²) in [6.07, 6.45) is 7.20. The van der Waals surface area contributed by atoms with Crippen LogP contribution in [0, 0.1) is 5.92 Å². The van der Waals surface area contributed by atoms with Crippen molar-refractivity contribution in [3.8, 4) is 17.2 Å². The lowest BCUT2D eigenvalue weighted by Gasteiger charge is -2.27. The van der Waals surface area contributed by atoms with Gasteiger partial charge in [0, 0.05) is 13.1 Å². The lowest BCUT2D eigenvalue weighted by molar-refractivity contribution is -0.147. The average molecular weight is 448 g/mol. The molecule has 1 aliphatic heterocycles. The molecule has 1 aromatic carbocycles. The highest BCUT2D eigenvalue weighted by Crippen LogP contribution is 2.43. The van der Waals surface area contributed by atoms with Gasteiger partial charge in [-0.25, -0.2) is 4.79 Å². The SMILES string of the molecule is COC(=O)C1Oc2c(OC)ccc(OC)c2C=C1CNCCC(=O)OCC1CCCCC1. The Balaban J connectivity index is 1.59. The first kappa shape index (κ1) is 23.9. The Hall–Kier alpha value is -2.74. The topological polar surface area (TPSA) is 92.3 Å². The van der Waals surface area contributed by atoms with E-state index in [4.69, 9.17) is 23.7 Å². The van der Waals surface area contributed by atoms with E-state index in [1.165, 1.54) is 33.5 Å². The van der Waals surface area contributed by atoms with E-state index in [1.54, 1.807) is 19.2 Å². The first-order chi connectivity index (χ1) is 15.6. The molecule has 1 aliphatic carbocycles. The number of hydrogen-bond acceptors (Lipinski definition) is 8. The monoisotopic (exact) mass is 447 g/mol. The Bertz CT molecular complexity index is 830. The molecule has 1 fully saturated rings. The van der Waals surface area contributed by atoms with Crippen LogP contribution in [-0.2, 0) is 19.1 Å². The van der Waals surface area contributed by atoms with Crippen LogP contribution < -0.4 is 19.5 Å². The number of carbonyl (C=O) groups is 2. The number of carbonyl (C=O) groups excluding carboxylic acids is 2. The summed E-state index contributed by atoms with van der Waals surface area (Å²) in [4.78, 5) is 24.4. The van der Waals surface area contributed by atoms with Crippen LogP contribution in [0.5, 0.6) is 17.2 Å². The fraction of sp³-hybridized carbons (Fsp3) is 0.583. The Morgan fingerprint density at radius 3 is 2.47 bits per heavy atom. The Kier molecular flexibility index (Phi) is 8.79. The van der Waals surface area contributed by atoms with Crippen molar-refractivity contribution in [3.63, 3.8) is 0 Å². The third kappa shape index (κ3) is 5.94. The van der Waals surface area contributed by atoms with Crippen LogP contribution in [0.25, 0.3) is 6.08 Å². The number of hydrogen-bond donors (Lipinski definition) is 1. The highest BCUT2D eigenvalue weighted by Gasteiger charge is 2.33. The lowest BCUT2D eigenvalue weighted by atomic mass is 9.90. The van der Waals surface area contributed by atoms with Crippen molar-refractivity contribution < 1.29 is 33.3 Å². The molecule has 0 amide bonds. The lowest BCUT2D eigenvalue weighted by Crippen LogP contribution is -2.37. The van der Waals surface area contributed by atoms with Gasteiger partial charge < -0.3 is 29.0 Å². The van der Waals surface area contributed by atoms with Gasteiger partial charge in [0.25, 0.3) is 0 Å². The second-order valence-corrected chi connectivity index (χ2v) is 8.07. The molecular formula is C24H33NO7. The van der Waals surface area contributed by atoms with Crippen molar-refractivity contribution in [1.29, 1.82) is 0 Å². The fourth-order valence-electron chi connectivity index (χ4n) is 4.12. The van der Waals surface area contributed by atoms with Crippen molar-refractivity contribution in [2.45, 2.75) is 44.6 Å². The Labute approximate surface area is 189 Å². The van der Waals surface area contributed by atoms with E-state index in [1.807, 2.05) is 6.08 Å². The van der Waals surface area contributed by atoms with Gasteiger partial charge in [0.15, 0.2) is 11.5 Å². The highest BCUT2D eigenvalue weighted by atomic mass is 16.6. The molecule has 0 spiro atoms. The number of ether oxygens (including phenoxy) is 5. The largest absolute Gasteiger partial charge is 0.496 e. The van der Waals surface area contributed by atoms with E-state index in [-0.39, 0.29) is 12.4 Å². The molecule has 1 atom stereocenters. The Morgan fingerprint density at radius 1 is 1.06 bits per heavy atom. The molecule has 0 saturated heterocycles. The van der Waals surface area contributed by atoms with Crippen molar-refractivity contribution in [1.82, 2.24) is 5.32 Å². The van der Waals surface area contributed by atoms with Crippen LogP contribution in [-0.4, -0.2) is 59.1 Å². The summed E-state index contributed by atoms with van der Waals surface area (Å²) in [5.41, 5.74) is 1.36. The molecule has 176 valence electrons. The van der Waals surface area contributed by atoms with E-state index < -0.39 is 12.1 Å². The molecule has 8 heteroatoms. The van der Waals surface area contributed by atoms with Crippen molar-refractivity contribution in [3.05, 3.63) is 23.3 Å². The summed E-state index contributed by atoms with van der Waals surface area (Å²) in [5.74, 6) is 1.31. The van der Waals surface area contributed by atoms with E-state index in [9.17, 15) is 9.59 Å². The maximum Gasteiger partial charge on any atom is 0.351 e. The highest BCUT2D eigenvalue weighted by molar-refractivity contribution is 5.85. The molecule has 32 heavy (non-hydrogen) atoms. The second-order valence-electron chi connectivity index (χ2n) is 8.07. The third-order valence-corrected chi connectivity index (χ3v) is 5.92. The maximum atomic E-state index is 12.4. The molecule has 0 aromatic heterocycles. The Morgan fingerprint density at radius 2 is 1.78 bits per heavy atom. The van der Waals surface area contributed by atoms with Crippen molar-refractivity contribution in [2.75, 3.05) is 41.0 Å². The van der Waals surface area contributed by atoms with Gasteiger partial charge in [-0.3, -0.25) is 4.79 Å². The fourth-order valence-corrected chi connectivity index (χ4v) is 4.12. The zero-order valence-electron chi connectivity index (χ0n) is 19.1. The van der Waals surface area contributed by atoms with Crippen LogP contribution in [0.3, 0.4) is 0 Å². The third-order valence-electron chi connectivity index (χ3n) is 5.92. The van der Waals surface area contributed by atoms with Gasteiger partial charge in [0.2, 0.25) is 6.10 Å². The van der Waals surface area contributed by atoms with Gasteiger partial charge >= 0.3 is 11.9 Å². The molecule has 0 radical (unpaired) electrons. The second kappa shape index (κ2) is 11.8. The molecule has 0 bridgehead atoms. The average Bonchev–Trinajstić information content (AvgIpc) is 2.84. The zero-order chi connectivity index (χ0) is 22.9. The van der Waals surface area contributed by atoms with Crippen molar-refractivity contribution >= 4 is 18.0 Å². The molecule has 1 heterocycles. The number of rotatable bonds is 10. The summed E-state index contributed by atoms with van der Waals surface area (Å²) < 4.78 is 27.1. The van der Waals surface area contributed by atoms with Gasteiger partial charge in [-0.2, -0.15) is 0 Å². The number of esters is 2. The summed E-state index contributed by atoms with van der Waals surface area (Å²) in [5, 5.41) is 3.20. The predicted molar refractivity (Wildman–Crippen MR) is 119 cm³/mol. The van der Waals surface area contributed by atoms with Crippen LogP contribution in [0.1, 0.15) is 44.1 Å². The van der Waals surface area contributed by atoms with E-state index in [0.717, 1.165) is 12.8 Å². The first-order valence-electron chi connectivity index (χ1n) is 11.1. The van der Waals surface area contributed by atoms with E-state index in [2.05, 4.69) is 5.32 Å². The van der Waals surface area contributed by atoms with Gasteiger partial charge in [-0.05, 0) is 42.5 Å². The van der Waals surface area contributed by atoms with Crippen LogP contribution in [0.4, 0.5) is 0 Å². The molecule has 1 unspecified atom stereocenters. The van der Waals surface area contributed by atoms with Crippen molar-refractivity contribution in [2.24, 2.45) is 5.92 Å². The summed E-state index contributed by atoms with van der Waals surface area (Å²) >= 11 is 0. The minimum Gasteiger partial charge on any atom is -0.496 e.